The summed E-state index contributed by atoms with van der Waals surface area (Å²) in [6.45, 7) is 0.583. The predicted molar refractivity (Wildman–Crippen MR) is 61.6 cm³/mol. The monoisotopic (exact) mass is 224 g/mol. The molecular weight excluding hydrogens is 208 g/mol. The lowest BCUT2D eigenvalue weighted by Gasteiger charge is -2.09. The number of benzene rings is 1. The van der Waals surface area contributed by atoms with E-state index in [2.05, 4.69) is 10.6 Å². The third-order valence-corrected chi connectivity index (χ3v) is 1.96. The normalized spacial score (nSPS) is 9.88. The average molecular weight is 224 g/mol. The maximum absolute atomic E-state index is 11.4. The van der Waals surface area contributed by atoms with Crippen molar-refractivity contribution < 1.29 is 14.6 Å². The van der Waals surface area contributed by atoms with Crippen molar-refractivity contribution in [2.45, 2.75) is 0 Å². The topological polar surface area (TPSA) is 70.6 Å². The zero-order valence-electron chi connectivity index (χ0n) is 9.19. The van der Waals surface area contributed by atoms with Crippen LogP contribution >= 0.6 is 0 Å². The van der Waals surface area contributed by atoms with E-state index in [9.17, 15) is 4.79 Å². The van der Waals surface area contributed by atoms with Gasteiger partial charge in [0.2, 0.25) is 5.91 Å². The predicted octanol–water partition coefficient (Wildman–Crippen LogP) is 0.216. The van der Waals surface area contributed by atoms with E-state index >= 15 is 0 Å². The smallest absolute Gasteiger partial charge is 0.238 e. The van der Waals surface area contributed by atoms with Crippen molar-refractivity contribution in [1.29, 1.82) is 0 Å². The molecule has 0 radical (unpaired) electrons. The van der Waals surface area contributed by atoms with Gasteiger partial charge in [0, 0.05) is 6.54 Å². The number of nitrogens with one attached hydrogen (secondary N) is 2. The molecule has 16 heavy (non-hydrogen) atoms. The Hall–Kier alpha value is -1.59. The molecule has 0 heterocycles. The molecule has 0 aliphatic carbocycles. The zero-order chi connectivity index (χ0) is 11.8. The van der Waals surface area contributed by atoms with E-state index in [1.165, 1.54) is 0 Å². The lowest BCUT2D eigenvalue weighted by atomic mass is 10.3. The second-order valence-corrected chi connectivity index (χ2v) is 3.15. The van der Waals surface area contributed by atoms with Crippen molar-refractivity contribution in [3.8, 4) is 5.75 Å². The third-order valence-electron chi connectivity index (χ3n) is 1.96. The number of amides is 1. The molecule has 5 nitrogen and oxygen atoms in total. The fraction of sp³-hybridized carbons (Fsp3) is 0.364. The fourth-order valence-electron chi connectivity index (χ4n) is 1.22. The van der Waals surface area contributed by atoms with Gasteiger partial charge in [-0.25, -0.2) is 0 Å². The zero-order valence-corrected chi connectivity index (χ0v) is 9.19. The summed E-state index contributed by atoms with van der Waals surface area (Å²) in [5.41, 5.74) is 0.640. The van der Waals surface area contributed by atoms with Gasteiger partial charge in [-0.3, -0.25) is 4.79 Å². The third kappa shape index (κ3) is 3.88. The summed E-state index contributed by atoms with van der Waals surface area (Å²) in [5, 5.41) is 14.0. The molecule has 0 fully saturated rings. The van der Waals surface area contributed by atoms with Crippen LogP contribution in [0.3, 0.4) is 0 Å². The van der Waals surface area contributed by atoms with Crippen LogP contribution in [-0.4, -0.2) is 37.8 Å². The lowest BCUT2D eigenvalue weighted by Crippen LogP contribution is -2.30. The first kappa shape index (κ1) is 12.5. The number of para-hydroxylation sites is 2. The van der Waals surface area contributed by atoms with Gasteiger partial charge in [-0.05, 0) is 12.1 Å². The highest BCUT2D eigenvalue weighted by atomic mass is 16.5. The number of carbonyl (C=O) groups excluding carboxylic acids is 1. The van der Waals surface area contributed by atoms with Gasteiger partial charge in [0.25, 0.3) is 0 Å². The van der Waals surface area contributed by atoms with E-state index < -0.39 is 0 Å². The van der Waals surface area contributed by atoms with Crippen molar-refractivity contribution >= 4 is 11.6 Å². The number of methoxy groups -OCH3 is 1. The Kier molecular flexibility index (Phi) is 5.31. The standard InChI is InChI=1S/C11H16N2O3/c1-16-10-5-3-2-4-9(10)13-11(15)8-12-6-7-14/h2-5,12,14H,6-8H2,1H3,(H,13,15). The summed E-state index contributed by atoms with van der Waals surface area (Å²) < 4.78 is 5.10. The number of carbonyl (C=O) groups is 1. The number of ether oxygens (including phenoxy) is 1. The molecule has 3 N–H and O–H groups in total. The lowest BCUT2D eigenvalue weighted by molar-refractivity contribution is -0.115. The molecule has 88 valence electrons. The Morgan fingerprint density at radius 3 is 2.88 bits per heavy atom. The van der Waals surface area contributed by atoms with E-state index in [4.69, 9.17) is 9.84 Å². The molecule has 0 saturated heterocycles. The molecule has 0 aromatic heterocycles. The van der Waals surface area contributed by atoms with Crippen LogP contribution < -0.4 is 15.4 Å². The molecule has 0 atom stereocenters. The summed E-state index contributed by atoms with van der Waals surface area (Å²) in [7, 11) is 1.55. The SMILES string of the molecule is COc1ccccc1NC(=O)CNCCO. The van der Waals surface area contributed by atoms with Crippen LogP contribution in [0.1, 0.15) is 0 Å². The molecule has 0 unspecified atom stereocenters. The quantitative estimate of drug-likeness (QED) is 0.604. The maximum Gasteiger partial charge on any atom is 0.238 e. The van der Waals surface area contributed by atoms with E-state index in [0.29, 0.717) is 18.0 Å². The summed E-state index contributed by atoms with van der Waals surface area (Å²) in [6, 6.07) is 7.19. The number of aliphatic hydroxyl groups is 1. The number of rotatable bonds is 6. The molecule has 5 heteroatoms. The Morgan fingerprint density at radius 1 is 1.44 bits per heavy atom. The fourth-order valence-corrected chi connectivity index (χ4v) is 1.22. The minimum atomic E-state index is -0.169. The summed E-state index contributed by atoms with van der Waals surface area (Å²) in [5.74, 6) is 0.455. The molecule has 1 aromatic carbocycles. The highest BCUT2D eigenvalue weighted by Gasteiger charge is 2.05. The second-order valence-electron chi connectivity index (χ2n) is 3.15. The molecule has 0 aliphatic heterocycles. The first-order valence-corrected chi connectivity index (χ1v) is 5.02. The van der Waals surface area contributed by atoms with Gasteiger partial charge in [-0.15, -0.1) is 0 Å². The van der Waals surface area contributed by atoms with Crippen molar-refractivity contribution in [3.63, 3.8) is 0 Å². The summed E-state index contributed by atoms with van der Waals surface area (Å²) in [4.78, 5) is 11.4. The van der Waals surface area contributed by atoms with Gasteiger partial charge in [-0.2, -0.15) is 0 Å². The van der Waals surface area contributed by atoms with Gasteiger partial charge in [0.05, 0.1) is 25.9 Å². The first-order valence-electron chi connectivity index (χ1n) is 5.02. The average Bonchev–Trinajstić information content (AvgIpc) is 2.30. The first-order chi connectivity index (χ1) is 7.77. The minimum Gasteiger partial charge on any atom is -0.495 e. The summed E-state index contributed by atoms with van der Waals surface area (Å²) >= 11 is 0. The molecule has 1 rings (SSSR count). The van der Waals surface area contributed by atoms with E-state index in [-0.39, 0.29) is 19.1 Å². The number of hydrogen-bond acceptors (Lipinski definition) is 4. The van der Waals surface area contributed by atoms with Crippen LogP contribution in [0.15, 0.2) is 24.3 Å². The van der Waals surface area contributed by atoms with Crippen LogP contribution in [0.5, 0.6) is 5.75 Å². The van der Waals surface area contributed by atoms with Crippen molar-refractivity contribution in [2.75, 3.05) is 32.1 Å². The van der Waals surface area contributed by atoms with Crippen LogP contribution in [0.2, 0.25) is 0 Å². The van der Waals surface area contributed by atoms with Crippen LogP contribution in [0.4, 0.5) is 5.69 Å². The van der Waals surface area contributed by atoms with Gasteiger partial charge in [-0.1, -0.05) is 12.1 Å². The van der Waals surface area contributed by atoms with Gasteiger partial charge >= 0.3 is 0 Å². The Bertz CT molecular complexity index is 342. The van der Waals surface area contributed by atoms with E-state index in [0.717, 1.165) is 0 Å². The molecular formula is C11H16N2O3. The number of aliphatic hydroxyl groups excluding tert-OH is 1. The molecule has 1 amide bonds. The van der Waals surface area contributed by atoms with Crippen LogP contribution in [-0.2, 0) is 4.79 Å². The van der Waals surface area contributed by atoms with Gasteiger partial charge in [0.1, 0.15) is 5.75 Å². The van der Waals surface area contributed by atoms with E-state index in [1.807, 2.05) is 12.1 Å². The number of anilines is 1. The Morgan fingerprint density at radius 2 is 2.19 bits per heavy atom. The molecule has 0 bridgehead atoms. The Balaban J connectivity index is 2.49. The van der Waals surface area contributed by atoms with E-state index in [1.54, 1.807) is 19.2 Å². The Labute approximate surface area is 94.4 Å². The highest BCUT2D eigenvalue weighted by Crippen LogP contribution is 2.22. The second kappa shape index (κ2) is 6.81. The van der Waals surface area contributed by atoms with Gasteiger partial charge in [0.15, 0.2) is 0 Å². The minimum absolute atomic E-state index is 0.0158. The largest absolute Gasteiger partial charge is 0.495 e. The molecule has 0 aliphatic rings. The molecule has 0 saturated carbocycles. The van der Waals surface area contributed by atoms with Gasteiger partial charge < -0.3 is 20.5 Å². The van der Waals surface area contributed by atoms with Crippen molar-refractivity contribution in [3.05, 3.63) is 24.3 Å². The van der Waals surface area contributed by atoms with Crippen LogP contribution in [0, 0.1) is 0 Å². The summed E-state index contributed by atoms with van der Waals surface area (Å²) in [6.07, 6.45) is 0. The molecule has 1 aromatic rings. The number of hydrogen-bond donors (Lipinski definition) is 3. The molecule has 0 spiro atoms. The maximum atomic E-state index is 11.4. The van der Waals surface area contributed by atoms with Crippen molar-refractivity contribution in [2.24, 2.45) is 0 Å². The van der Waals surface area contributed by atoms with Crippen molar-refractivity contribution in [1.82, 2.24) is 5.32 Å². The highest BCUT2D eigenvalue weighted by molar-refractivity contribution is 5.93. The van der Waals surface area contributed by atoms with Crippen LogP contribution in [0.25, 0.3) is 0 Å².